The van der Waals surface area contributed by atoms with Crippen molar-refractivity contribution in [1.82, 2.24) is 5.32 Å². The fraction of sp³-hybridized carbons (Fsp3) is 0.625. The predicted octanol–water partition coefficient (Wildman–Crippen LogP) is 3.93. The molecule has 1 rings (SSSR count). The minimum atomic E-state index is -0.204. The highest BCUT2D eigenvalue weighted by Crippen LogP contribution is 2.19. The zero-order valence-corrected chi connectivity index (χ0v) is 12.3. The number of rotatable bonds is 9. The van der Waals surface area contributed by atoms with E-state index in [9.17, 15) is 4.39 Å². The first-order valence-electron chi connectivity index (χ1n) is 7.25. The molecule has 3 heteroatoms. The molecule has 0 bridgehead atoms. The van der Waals surface area contributed by atoms with Crippen LogP contribution in [0.3, 0.4) is 0 Å². The number of benzene rings is 1. The van der Waals surface area contributed by atoms with Crippen molar-refractivity contribution in [2.75, 3.05) is 19.7 Å². The third-order valence-corrected chi connectivity index (χ3v) is 3.16. The lowest BCUT2D eigenvalue weighted by Crippen LogP contribution is -2.24. The zero-order valence-electron chi connectivity index (χ0n) is 12.3. The molecule has 0 fully saturated rings. The molecule has 0 spiro atoms. The van der Waals surface area contributed by atoms with E-state index in [0.717, 1.165) is 31.7 Å². The quantitative estimate of drug-likeness (QED) is 0.732. The maximum Gasteiger partial charge on any atom is 0.123 e. The minimum absolute atomic E-state index is 0.0741. The first-order chi connectivity index (χ1) is 9.17. The van der Waals surface area contributed by atoms with Crippen LogP contribution in [0.2, 0.25) is 0 Å². The fourth-order valence-corrected chi connectivity index (χ4v) is 2.11. The molecule has 0 aliphatic heterocycles. The Labute approximate surface area is 116 Å². The summed E-state index contributed by atoms with van der Waals surface area (Å²) in [5.74, 6) is 0.340. The van der Waals surface area contributed by atoms with Crippen LogP contribution >= 0.6 is 0 Å². The average Bonchev–Trinajstić information content (AvgIpc) is 2.39. The van der Waals surface area contributed by atoms with Crippen molar-refractivity contribution in [2.24, 2.45) is 5.92 Å². The van der Waals surface area contributed by atoms with E-state index in [4.69, 9.17) is 4.74 Å². The van der Waals surface area contributed by atoms with Gasteiger partial charge in [-0.2, -0.15) is 0 Å². The SMILES string of the molecule is CCCC(C)COC(CNCC)c1cccc(F)c1. The molecule has 1 aromatic rings. The van der Waals surface area contributed by atoms with Crippen LogP contribution in [0.1, 0.15) is 45.3 Å². The van der Waals surface area contributed by atoms with Gasteiger partial charge >= 0.3 is 0 Å². The maximum absolute atomic E-state index is 13.3. The van der Waals surface area contributed by atoms with Crippen LogP contribution in [-0.4, -0.2) is 19.7 Å². The van der Waals surface area contributed by atoms with E-state index >= 15 is 0 Å². The van der Waals surface area contributed by atoms with Gasteiger partial charge in [0.05, 0.1) is 12.7 Å². The lowest BCUT2D eigenvalue weighted by atomic mass is 10.1. The highest BCUT2D eigenvalue weighted by molar-refractivity contribution is 5.19. The first-order valence-corrected chi connectivity index (χ1v) is 7.25. The molecule has 0 saturated heterocycles. The molecule has 0 amide bonds. The molecule has 1 aromatic carbocycles. The summed E-state index contributed by atoms with van der Waals surface area (Å²) in [5, 5.41) is 3.27. The average molecular weight is 267 g/mol. The standard InChI is InChI=1S/C16H26FNO/c1-4-7-13(3)12-19-16(11-18-5-2)14-8-6-9-15(17)10-14/h6,8-10,13,16,18H,4-5,7,11-12H2,1-3H3. The Hall–Kier alpha value is -0.930. The van der Waals surface area contributed by atoms with Crippen LogP contribution in [0.5, 0.6) is 0 Å². The van der Waals surface area contributed by atoms with E-state index in [0.29, 0.717) is 5.92 Å². The van der Waals surface area contributed by atoms with Crippen molar-refractivity contribution in [2.45, 2.75) is 39.7 Å². The number of ether oxygens (including phenoxy) is 1. The zero-order chi connectivity index (χ0) is 14.1. The Kier molecular flexibility index (Phi) is 7.68. The Bertz CT molecular complexity index is 356. The number of hydrogen-bond acceptors (Lipinski definition) is 2. The summed E-state index contributed by atoms with van der Waals surface area (Å²) in [5.41, 5.74) is 0.907. The molecular weight excluding hydrogens is 241 g/mol. The van der Waals surface area contributed by atoms with Crippen LogP contribution in [0.25, 0.3) is 0 Å². The third kappa shape index (κ3) is 6.17. The number of nitrogens with one attached hydrogen (secondary N) is 1. The van der Waals surface area contributed by atoms with E-state index in [2.05, 4.69) is 26.1 Å². The van der Waals surface area contributed by atoms with Gasteiger partial charge in [-0.3, -0.25) is 0 Å². The first kappa shape index (κ1) is 16.1. The molecule has 0 radical (unpaired) electrons. The molecular formula is C16H26FNO. The van der Waals surface area contributed by atoms with Crippen molar-refractivity contribution in [1.29, 1.82) is 0 Å². The van der Waals surface area contributed by atoms with Gasteiger partial charge in [0.1, 0.15) is 5.82 Å². The van der Waals surface area contributed by atoms with Gasteiger partial charge in [0.2, 0.25) is 0 Å². The van der Waals surface area contributed by atoms with Crippen molar-refractivity contribution >= 4 is 0 Å². The van der Waals surface area contributed by atoms with Gasteiger partial charge in [0.15, 0.2) is 0 Å². The van der Waals surface area contributed by atoms with Gasteiger partial charge in [-0.1, -0.05) is 39.3 Å². The summed E-state index contributed by atoms with van der Waals surface area (Å²) >= 11 is 0. The Morgan fingerprint density at radius 3 is 2.74 bits per heavy atom. The highest BCUT2D eigenvalue weighted by atomic mass is 19.1. The van der Waals surface area contributed by atoms with Gasteiger partial charge < -0.3 is 10.1 Å². The minimum Gasteiger partial charge on any atom is -0.372 e. The third-order valence-electron chi connectivity index (χ3n) is 3.16. The van der Waals surface area contributed by atoms with Crippen LogP contribution in [0.15, 0.2) is 24.3 Å². The Morgan fingerprint density at radius 1 is 1.32 bits per heavy atom. The normalized spacial score (nSPS) is 14.3. The molecule has 0 saturated carbocycles. The van der Waals surface area contributed by atoms with Crippen molar-refractivity contribution < 1.29 is 9.13 Å². The molecule has 0 aliphatic rings. The van der Waals surface area contributed by atoms with Crippen molar-refractivity contribution in [3.8, 4) is 0 Å². The molecule has 2 atom stereocenters. The Balaban J connectivity index is 2.61. The van der Waals surface area contributed by atoms with E-state index in [1.165, 1.54) is 12.5 Å². The number of likely N-dealkylation sites (N-methyl/N-ethyl adjacent to an activating group) is 1. The topological polar surface area (TPSA) is 21.3 Å². The maximum atomic E-state index is 13.3. The second-order valence-electron chi connectivity index (χ2n) is 5.08. The second-order valence-corrected chi connectivity index (χ2v) is 5.08. The van der Waals surface area contributed by atoms with Crippen molar-refractivity contribution in [3.63, 3.8) is 0 Å². The summed E-state index contributed by atoms with van der Waals surface area (Å²) in [6, 6.07) is 6.69. The summed E-state index contributed by atoms with van der Waals surface area (Å²) in [4.78, 5) is 0. The van der Waals surface area contributed by atoms with Crippen LogP contribution in [0, 0.1) is 11.7 Å². The van der Waals surface area contributed by atoms with Gasteiger partial charge in [-0.25, -0.2) is 4.39 Å². The summed E-state index contributed by atoms with van der Waals surface area (Å²) in [7, 11) is 0. The molecule has 19 heavy (non-hydrogen) atoms. The second kappa shape index (κ2) is 9.05. The largest absolute Gasteiger partial charge is 0.372 e. The smallest absolute Gasteiger partial charge is 0.123 e. The van der Waals surface area contributed by atoms with Crippen LogP contribution < -0.4 is 5.32 Å². The Morgan fingerprint density at radius 2 is 2.11 bits per heavy atom. The summed E-state index contributed by atoms with van der Waals surface area (Å²) in [6.07, 6.45) is 2.26. The van der Waals surface area contributed by atoms with Gasteiger partial charge in [-0.05, 0) is 36.6 Å². The molecule has 0 heterocycles. The molecule has 2 unspecified atom stereocenters. The van der Waals surface area contributed by atoms with E-state index in [1.54, 1.807) is 12.1 Å². The lowest BCUT2D eigenvalue weighted by Gasteiger charge is -2.21. The molecule has 0 aromatic heterocycles. The monoisotopic (exact) mass is 267 g/mol. The molecule has 1 N–H and O–H groups in total. The molecule has 0 aliphatic carbocycles. The van der Waals surface area contributed by atoms with Crippen LogP contribution in [-0.2, 0) is 4.74 Å². The van der Waals surface area contributed by atoms with E-state index < -0.39 is 0 Å². The van der Waals surface area contributed by atoms with Crippen molar-refractivity contribution in [3.05, 3.63) is 35.6 Å². The van der Waals surface area contributed by atoms with E-state index in [-0.39, 0.29) is 11.9 Å². The lowest BCUT2D eigenvalue weighted by molar-refractivity contribution is 0.0301. The number of halogens is 1. The van der Waals surface area contributed by atoms with E-state index in [1.807, 2.05) is 6.07 Å². The van der Waals surface area contributed by atoms with Gasteiger partial charge in [-0.15, -0.1) is 0 Å². The van der Waals surface area contributed by atoms with Crippen LogP contribution in [0.4, 0.5) is 4.39 Å². The number of hydrogen-bond donors (Lipinski definition) is 1. The highest BCUT2D eigenvalue weighted by Gasteiger charge is 2.13. The molecule has 2 nitrogen and oxygen atoms in total. The summed E-state index contributed by atoms with van der Waals surface area (Å²) < 4.78 is 19.3. The molecule has 108 valence electrons. The summed E-state index contributed by atoms with van der Waals surface area (Å²) in [6.45, 7) is 8.76. The van der Waals surface area contributed by atoms with Gasteiger partial charge in [0.25, 0.3) is 0 Å². The fourth-order valence-electron chi connectivity index (χ4n) is 2.11. The van der Waals surface area contributed by atoms with Gasteiger partial charge in [0, 0.05) is 6.54 Å². The predicted molar refractivity (Wildman–Crippen MR) is 77.7 cm³/mol.